The van der Waals surface area contributed by atoms with Gasteiger partial charge in [0.05, 0.1) is 0 Å². The highest BCUT2D eigenvalue weighted by Gasteiger charge is 1.99. The average molecular weight is 213 g/mol. The summed E-state index contributed by atoms with van der Waals surface area (Å²) in [5, 5.41) is 7.02. The Hall–Kier alpha value is -1.89. The number of hydrogen-bond donors (Lipinski definition) is 1. The zero-order valence-electron chi connectivity index (χ0n) is 10.1. The van der Waals surface area contributed by atoms with Crippen molar-refractivity contribution >= 4 is 6.21 Å². The highest BCUT2D eigenvalue weighted by atomic mass is 14.3. The van der Waals surface area contributed by atoms with E-state index in [4.69, 9.17) is 5.41 Å². The van der Waals surface area contributed by atoms with E-state index < -0.39 is 0 Å². The quantitative estimate of drug-likeness (QED) is 0.500. The smallest absolute Gasteiger partial charge is 0.0183 e. The Morgan fingerprint density at radius 3 is 2.25 bits per heavy atom. The third-order valence-electron chi connectivity index (χ3n) is 2.22. The fourth-order valence-electron chi connectivity index (χ4n) is 0.996. The van der Waals surface area contributed by atoms with Crippen molar-refractivity contribution in [2.45, 2.75) is 13.8 Å². The van der Waals surface area contributed by atoms with Crippen LogP contribution in [0.5, 0.6) is 0 Å². The molecule has 0 amide bonds. The molecule has 0 spiro atoms. The van der Waals surface area contributed by atoms with Gasteiger partial charge in [0.15, 0.2) is 0 Å². The summed E-state index contributed by atoms with van der Waals surface area (Å²) in [5.41, 5.74) is 3.61. The first kappa shape index (κ1) is 14.1. The van der Waals surface area contributed by atoms with Gasteiger partial charge in [0.25, 0.3) is 0 Å². The van der Waals surface area contributed by atoms with E-state index in [1.54, 1.807) is 12.2 Å². The van der Waals surface area contributed by atoms with Crippen LogP contribution >= 0.6 is 0 Å². The highest BCUT2D eigenvalue weighted by molar-refractivity contribution is 5.73. The third kappa shape index (κ3) is 4.56. The molecule has 0 aliphatic carbocycles. The summed E-state index contributed by atoms with van der Waals surface area (Å²) in [7, 11) is 0. The molecule has 0 aliphatic heterocycles. The highest BCUT2D eigenvalue weighted by Crippen LogP contribution is 2.18. The molecule has 0 atom stereocenters. The summed E-state index contributed by atoms with van der Waals surface area (Å²) in [6.07, 6.45) is 10.5. The van der Waals surface area contributed by atoms with E-state index in [1.807, 2.05) is 32.1 Å². The van der Waals surface area contributed by atoms with E-state index in [0.29, 0.717) is 0 Å². The fourth-order valence-corrected chi connectivity index (χ4v) is 0.996. The first-order valence-electron chi connectivity index (χ1n) is 5.09. The second-order valence-electron chi connectivity index (χ2n) is 3.36. The largest absolute Gasteiger partial charge is 0.309 e. The van der Waals surface area contributed by atoms with Gasteiger partial charge in [-0.15, -0.1) is 0 Å². The average Bonchev–Trinajstić information content (AvgIpc) is 2.31. The summed E-state index contributed by atoms with van der Waals surface area (Å²) in [4.78, 5) is 0. The summed E-state index contributed by atoms with van der Waals surface area (Å²) in [5.74, 6) is 0. The topological polar surface area (TPSA) is 23.9 Å². The van der Waals surface area contributed by atoms with E-state index in [-0.39, 0.29) is 0 Å². The molecule has 1 nitrogen and oxygen atoms in total. The molecular formula is C15H19N. The number of rotatable bonds is 6. The van der Waals surface area contributed by atoms with E-state index >= 15 is 0 Å². The maximum atomic E-state index is 7.02. The van der Waals surface area contributed by atoms with Gasteiger partial charge in [0.2, 0.25) is 0 Å². The van der Waals surface area contributed by atoms with E-state index in [2.05, 4.69) is 19.7 Å². The lowest BCUT2D eigenvalue weighted by Gasteiger charge is -2.05. The van der Waals surface area contributed by atoms with Gasteiger partial charge in [-0.2, -0.15) is 0 Å². The Balaban J connectivity index is 4.82. The van der Waals surface area contributed by atoms with Gasteiger partial charge in [-0.3, -0.25) is 0 Å². The molecule has 0 radical (unpaired) electrons. The van der Waals surface area contributed by atoms with Crippen LogP contribution in [0.1, 0.15) is 13.8 Å². The molecular weight excluding hydrogens is 194 g/mol. The van der Waals surface area contributed by atoms with Gasteiger partial charge >= 0.3 is 0 Å². The Morgan fingerprint density at radius 1 is 1.19 bits per heavy atom. The van der Waals surface area contributed by atoms with Gasteiger partial charge in [-0.05, 0) is 36.6 Å². The standard InChI is InChI=1S/C15H19N/c1-6-12(3)8-9-13(4)14(5)15(7-2)10-11-16/h6-11,16H,2,4-5H2,1,3H3/b9-8-,12-6+,15-10+,16-11?. The second kappa shape index (κ2) is 7.41. The van der Waals surface area contributed by atoms with Gasteiger partial charge in [0, 0.05) is 6.21 Å². The summed E-state index contributed by atoms with van der Waals surface area (Å²) in [6.45, 7) is 15.6. The van der Waals surface area contributed by atoms with Crippen LogP contribution in [0.4, 0.5) is 0 Å². The number of nitrogens with one attached hydrogen (secondary N) is 1. The minimum atomic E-state index is 0.790. The zero-order valence-corrected chi connectivity index (χ0v) is 10.1. The molecule has 0 bridgehead atoms. The number of allylic oxidation sites excluding steroid dienone is 9. The Kier molecular flexibility index (Phi) is 6.53. The molecule has 0 fully saturated rings. The lowest BCUT2D eigenvalue weighted by atomic mass is 9.99. The van der Waals surface area contributed by atoms with Gasteiger partial charge in [-0.25, -0.2) is 0 Å². The van der Waals surface area contributed by atoms with Crippen molar-refractivity contribution in [1.29, 1.82) is 5.41 Å². The van der Waals surface area contributed by atoms with Crippen molar-refractivity contribution < 1.29 is 0 Å². The van der Waals surface area contributed by atoms with Crippen molar-refractivity contribution in [3.8, 4) is 0 Å². The van der Waals surface area contributed by atoms with Gasteiger partial charge in [0.1, 0.15) is 0 Å². The summed E-state index contributed by atoms with van der Waals surface area (Å²) < 4.78 is 0. The predicted octanol–water partition coefficient (Wildman–Crippen LogP) is 4.38. The zero-order chi connectivity index (χ0) is 12.6. The SMILES string of the molecule is C=C/C(=C\C=N)C(=C)C(=C)/C=C\C(C)=C\C. The van der Waals surface area contributed by atoms with Crippen molar-refractivity contribution in [1.82, 2.24) is 0 Å². The number of hydrogen-bond acceptors (Lipinski definition) is 1. The van der Waals surface area contributed by atoms with Crippen LogP contribution in [0, 0.1) is 5.41 Å². The molecule has 0 rings (SSSR count). The lowest BCUT2D eigenvalue weighted by molar-refractivity contribution is 1.45. The first-order valence-corrected chi connectivity index (χ1v) is 5.09. The Labute approximate surface area is 98.4 Å². The molecule has 0 unspecified atom stereocenters. The molecule has 0 heterocycles. The molecule has 1 N–H and O–H groups in total. The molecule has 0 aliphatic rings. The maximum absolute atomic E-state index is 7.02. The fraction of sp³-hybridized carbons (Fsp3) is 0.133. The molecule has 0 saturated carbocycles. The Morgan fingerprint density at radius 2 is 1.81 bits per heavy atom. The minimum Gasteiger partial charge on any atom is -0.309 e. The van der Waals surface area contributed by atoms with Gasteiger partial charge in [-0.1, -0.05) is 49.6 Å². The molecule has 0 saturated heterocycles. The van der Waals surface area contributed by atoms with Crippen LogP contribution in [0.15, 0.2) is 72.4 Å². The first-order chi connectivity index (χ1) is 7.56. The van der Waals surface area contributed by atoms with E-state index in [9.17, 15) is 0 Å². The summed E-state index contributed by atoms with van der Waals surface area (Å²) >= 11 is 0. The lowest BCUT2D eigenvalue weighted by Crippen LogP contribution is -1.87. The molecule has 0 aromatic heterocycles. The molecule has 16 heavy (non-hydrogen) atoms. The molecule has 84 valence electrons. The van der Waals surface area contributed by atoms with E-state index in [0.717, 1.165) is 16.7 Å². The van der Waals surface area contributed by atoms with Crippen molar-refractivity contribution in [2.24, 2.45) is 0 Å². The third-order valence-corrected chi connectivity index (χ3v) is 2.22. The van der Waals surface area contributed by atoms with Crippen molar-refractivity contribution in [3.63, 3.8) is 0 Å². The van der Waals surface area contributed by atoms with Crippen LogP contribution in [-0.4, -0.2) is 6.21 Å². The summed E-state index contributed by atoms with van der Waals surface area (Å²) in [6, 6.07) is 0. The van der Waals surface area contributed by atoms with Gasteiger partial charge < -0.3 is 5.41 Å². The van der Waals surface area contributed by atoms with Crippen LogP contribution in [0.25, 0.3) is 0 Å². The Bertz CT molecular complexity index is 390. The van der Waals surface area contributed by atoms with E-state index in [1.165, 1.54) is 11.8 Å². The van der Waals surface area contributed by atoms with Crippen LogP contribution < -0.4 is 0 Å². The van der Waals surface area contributed by atoms with Crippen molar-refractivity contribution in [2.75, 3.05) is 0 Å². The minimum absolute atomic E-state index is 0.790. The molecule has 0 aromatic rings. The van der Waals surface area contributed by atoms with Crippen LogP contribution in [0.2, 0.25) is 0 Å². The monoisotopic (exact) mass is 213 g/mol. The van der Waals surface area contributed by atoms with Crippen LogP contribution in [-0.2, 0) is 0 Å². The second-order valence-corrected chi connectivity index (χ2v) is 3.36. The maximum Gasteiger partial charge on any atom is 0.0183 e. The molecule has 0 aromatic carbocycles. The normalized spacial score (nSPS) is 12.6. The van der Waals surface area contributed by atoms with Crippen molar-refractivity contribution in [3.05, 3.63) is 72.4 Å². The predicted molar refractivity (Wildman–Crippen MR) is 73.9 cm³/mol. The molecule has 1 heteroatoms. The van der Waals surface area contributed by atoms with Crippen LogP contribution in [0.3, 0.4) is 0 Å².